The van der Waals surface area contributed by atoms with Crippen molar-refractivity contribution in [3.8, 4) is 0 Å². The number of rotatable bonds is 6. The number of para-hydroxylation sites is 1. The summed E-state index contributed by atoms with van der Waals surface area (Å²) in [6, 6.07) is 6.77. The summed E-state index contributed by atoms with van der Waals surface area (Å²) < 4.78 is 4.99. The molecule has 2 aromatic rings. The van der Waals surface area contributed by atoms with Crippen LogP contribution in [0.4, 0.5) is 11.4 Å². The third-order valence-corrected chi connectivity index (χ3v) is 3.06. The van der Waals surface area contributed by atoms with Gasteiger partial charge in [-0.25, -0.2) is 4.79 Å². The van der Waals surface area contributed by atoms with Crippen molar-refractivity contribution in [2.24, 2.45) is 0 Å². The van der Waals surface area contributed by atoms with E-state index >= 15 is 0 Å². The molecule has 1 aromatic carbocycles. The molecule has 0 spiro atoms. The van der Waals surface area contributed by atoms with Crippen molar-refractivity contribution in [1.82, 2.24) is 4.90 Å². The van der Waals surface area contributed by atoms with Crippen LogP contribution in [0.1, 0.15) is 6.42 Å². The van der Waals surface area contributed by atoms with Crippen LogP contribution in [0.3, 0.4) is 0 Å². The number of nitrogens with one attached hydrogen (secondary N) is 1. The van der Waals surface area contributed by atoms with Gasteiger partial charge in [0.2, 0.25) is 0 Å². The SMILES string of the molecule is CN(C)CCCNc1c([N+](=O)[O-])c(=O)oc2ccccc12. The van der Waals surface area contributed by atoms with Gasteiger partial charge in [0.1, 0.15) is 11.3 Å². The maximum Gasteiger partial charge on any atom is 0.417 e. The minimum atomic E-state index is -0.936. The standard InChI is InChI=1S/C14H17N3O4/c1-16(2)9-5-8-15-12-10-6-3-4-7-11(10)21-14(18)13(12)17(19)20/h3-4,6-7,15H,5,8-9H2,1-2H3. The van der Waals surface area contributed by atoms with Crippen LogP contribution in [0.25, 0.3) is 11.0 Å². The highest BCUT2D eigenvalue weighted by atomic mass is 16.6. The summed E-state index contributed by atoms with van der Waals surface area (Å²) in [6.07, 6.45) is 0.804. The molecule has 0 saturated carbocycles. The molecule has 0 unspecified atom stereocenters. The minimum absolute atomic E-state index is 0.227. The Hall–Kier alpha value is -2.41. The van der Waals surface area contributed by atoms with Crippen molar-refractivity contribution in [2.75, 3.05) is 32.5 Å². The Morgan fingerprint density at radius 1 is 1.33 bits per heavy atom. The lowest BCUT2D eigenvalue weighted by Gasteiger charge is -2.11. The lowest BCUT2D eigenvalue weighted by molar-refractivity contribution is -0.386. The van der Waals surface area contributed by atoms with Crippen LogP contribution in [-0.4, -0.2) is 37.0 Å². The quantitative estimate of drug-likeness (QED) is 0.379. The first-order valence-electron chi connectivity index (χ1n) is 6.59. The molecule has 0 amide bonds. The van der Waals surface area contributed by atoms with E-state index in [4.69, 9.17) is 4.42 Å². The van der Waals surface area contributed by atoms with E-state index in [0.29, 0.717) is 17.5 Å². The van der Waals surface area contributed by atoms with Gasteiger partial charge in [-0.05, 0) is 39.2 Å². The van der Waals surface area contributed by atoms with E-state index in [0.717, 1.165) is 13.0 Å². The molecule has 0 fully saturated rings. The van der Waals surface area contributed by atoms with Gasteiger partial charge in [0.05, 0.1) is 4.92 Å². The summed E-state index contributed by atoms with van der Waals surface area (Å²) in [4.78, 5) is 24.2. The Balaban J connectivity index is 2.40. The lowest BCUT2D eigenvalue weighted by atomic mass is 10.2. The van der Waals surface area contributed by atoms with Crippen molar-refractivity contribution in [3.05, 3.63) is 44.8 Å². The average molecular weight is 291 g/mol. The summed E-state index contributed by atoms with van der Waals surface area (Å²) in [5.74, 6) is 0. The van der Waals surface area contributed by atoms with Gasteiger partial charge in [-0.1, -0.05) is 12.1 Å². The molecule has 7 nitrogen and oxygen atoms in total. The fourth-order valence-electron chi connectivity index (χ4n) is 2.09. The van der Waals surface area contributed by atoms with Crippen LogP contribution in [0.5, 0.6) is 0 Å². The number of nitro groups is 1. The molecule has 0 bridgehead atoms. The fourth-order valence-corrected chi connectivity index (χ4v) is 2.09. The monoisotopic (exact) mass is 291 g/mol. The molecule has 0 aliphatic rings. The van der Waals surface area contributed by atoms with Gasteiger partial charge in [0.15, 0.2) is 0 Å². The highest BCUT2D eigenvalue weighted by Gasteiger charge is 2.24. The van der Waals surface area contributed by atoms with Gasteiger partial charge < -0.3 is 14.6 Å². The Bertz CT molecular complexity index is 709. The van der Waals surface area contributed by atoms with Crippen LogP contribution in [-0.2, 0) is 0 Å². The highest BCUT2D eigenvalue weighted by Crippen LogP contribution is 2.29. The van der Waals surface area contributed by atoms with Gasteiger partial charge in [-0.2, -0.15) is 0 Å². The molecule has 21 heavy (non-hydrogen) atoms. The van der Waals surface area contributed by atoms with E-state index in [-0.39, 0.29) is 5.69 Å². The predicted octanol–water partition coefficient (Wildman–Crippen LogP) is 2.06. The smallest absolute Gasteiger partial charge is 0.417 e. The van der Waals surface area contributed by atoms with Crippen molar-refractivity contribution in [3.63, 3.8) is 0 Å². The third kappa shape index (κ3) is 3.38. The Labute approximate surface area is 121 Å². The first kappa shape index (κ1) is 15.0. The summed E-state index contributed by atoms with van der Waals surface area (Å²) in [6.45, 7) is 1.38. The number of benzene rings is 1. The molecule has 1 aromatic heterocycles. The van der Waals surface area contributed by atoms with E-state index < -0.39 is 16.2 Å². The van der Waals surface area contributed by atoms with Crippen molar-refractivity contribution >= 4 is 22.3 Å². The predicted molar refractivity (Wildman–Crippen MR) is 80.8 cm³/mol. The molecule has 1 heterocycles. The normalized spacial score (nSPS) is 11.0. The minimum Gasteiger partial charge on any atom is -0.418 e. The number of hydrogen-bond acceptors (Lipinski definition) is 6. The van der Waals surface area contributed by atoms with Gasteiger partial charge >= 0.3 is 11.3 Å². The van der Waals surface area contributed by atoms with E-state index in [9.17, 15) is 14.9 Å². The molecule has 0 radical (unpaired) electrons. The van der Waals surface area contributed by atoms with Crippen LogP contribution in [0, 0.1) is 10.1 Å². The van der Waals surface area contributed by atoms with Crippen LogP contribution < -0.4 is 10.9 Å². The van der Waals surface area contributed by atoms with Gasteiger partial charge in [0.25, 0.3) is 0 Å². The molecule has 2 rings (SSSR count). The zero-order valence-electron chi connectivity index (χ0n) is 12.0. The number of hydrogen-bond donors (Lipinski definition) is 1. The summed E-state index contributed by atoms with van der Waals surface area (Å²) in [5.41, 5.74) is -0.916. The summed E-state index contributed by atoms with van der Waals surface area (Å²) >= 11 is 0. The molecule has 112 valence electrons. The van der Waals surface area contributed by atoms with Gasteiger partial charge in [-0.3, -0.25) is 10.1 Å². The molecule has 0 saturated heterocycles. The molecule has 0 atom stereocenters. The van der Waals surface area contributed by atoms with Crippen LogP contribution >= 0.6 is 0 Å². The lowest BCUT2D eigenvalue weighted by Crippen LogP contribution is -2.18. The van der Waals surface area contributed by atoms with E-state index in [1.54, 1.807) is 24.3 Å². The second-order valence-electron chi connectivity index (χ2n) is 4.95. The second kappa shape index (κ2) is 6.36. The van der Waals surface area contributed by atoms with Crippen molar-refractivity contribution < 1.29 is 9.34 Å². The Kier molecular flexibility index (Phi) is 4.54. The number of anilines is 1. The van der Waals surface area contributed by atoms with Gasteiger partial charge in [-0.15, -0.1) is 0 Å². The zero-order chi connectivity index (χ0) is 15.4. The Morgan fingerprint density at radius 2 is 2.05 bits per heavy atom. The molecule has 7 heteroatoms. The third-order valence-electron chi connectivity index (χ3n) is 3.06. The second-order valence-corrected chi connectivity index (χ2v) is 4.95. The topological polar surface area (TPSA) is 88.6 Å². The number of nitrogens with zero attached hydrogens (tertiary/aromatic N) is 2. The van der Waals surface area contributed by atoms with Crippen LogP contribution in [0.15, 0.2) is 33.5 Å². The Morgan fingerprint density at radius 3 is 2.71 bits per heavy atom. The summed E-state index contributed by atoms with van der Waals surface area (Å²) in [7, 11) is 3.91. The van der Waals surface area contributed by atoms with Crippen LogP contribution in [0.2, 0.25) is 0 Å². The average Bonchev–Trinajstić information content (AvgIpc) is 2.42. The highest BCUT2D eigenvalue weighted by molar-refractivity contribution is 5.94. The maximum absolute atomic E-state index is 11.8. The summed E-state index contributed by atoms with van der Waals surface area (Å²) in [5, 5.41) is 14.7. The van der Waals surface area contributed by atoms with Crippen molar-refractivity contribution in [1.29, 1.82) is 0 Å². The molecule has 0 aliphatic carbocycles. The number of fused-ring (bicyclic) bond motifs is 1. The first-order chi connectivity index (χ1) is 10.0. The first-order valence-corrected chi connectivity index (χ1v) is 6.59. The fraction of sp³-hybridized carbons (Fsp3) is 0.357. The van der Waals surface area contributed by atoms with E-state index in [1.807, 2.05) is 19.0 Å². The zero-order valence-corrected chi connectivity index (χ0v) is 12.0. The van der Waals surface area contributed by atoms with E-state index in [2.05, 4.69) is 5.32 Å². The molecular weight excluding hydrogens is 274 g/mol. The van der Waals surface area contributed by atoms with Crippen molar-refractivity contribution in [2.45, 2.75) is 6.42 Å². The maximum atomic E-state index is 11.8. The molecular formula is C14H17N3O4. The largest absolute Gasteiger partial charge is 0.418 e. The van der Waals surface area contributed by atoms with E-state index in [1.165, 1.54) is 0 Å². The molecule has 1 N–H and O–H groups in total. The van der Waals surface area contributed by atoms with Gasteiger partial charge in [0, 0.05) is 11.9 Å². The molecule has 0 aliphatic heterocycles.